The molecule has 0 fully saturated rings. The fourth-order valence-corrected chi connectivity index (χ4v) is 4.70. The molecule has 0 saturated heterocycles. The highest BCUT2D eigenvalue weighted by Gasteiger charge is 2.17. The number of amides is 1. The van der Waals surface area contributed by atoms with Crippen molar-refractivity contribution in [3.8, 4) is 5.75 Å². The molecule has 3 aromatic carbocycles. The quantitative estimate of drug-likeness (QED) is 0.489. The summed E-state index contributed by atoms with van der Waals surface area (Å²) in [6.45, 7) is 2.10. The number of benzene rings is 3. The van der Waals surface area contributed by atoms with Crippen LogP contribution in [-0.2, 0) is 17.6 Å². The third-order valence-electron chi connectivity index (χ3n) is 5.71. The highest BCUT2D eigenvalue weighted by Crippen LogP contribution is 2.33. The molecule has 1 amide bonds. The molecule has 4 heteroatoms. The van der Waals surface area contributed by atoms with Crippen molar-refractivity contribution in [3.63, 3.8) is 0 Å². The van der Waals surface area contributed by atoms with Crippen LogP contribution in [0.2, 0.25) is 0 Å². The minimum atomic E-state index is -0.102. The van der Waals surface area contributed by atoms with Crippen LogP contribution < -0.4 is 10.1 Å². The first-order valence-corrected chi connectivity index (χ1v) is 11.2. The molecule has 0 bridgehead atoms. The van der Waals surface area contributed by atoms with Crippen LogP contribution in [0.3, 0.4) is 0 Å². The molecule has 29 heavy (non-hydrogen) atoms. The first kappa shape index (κ1) is 20.0. The van der Waals surface area contributed by atoms with Crippen LogP contribution in [0.1, 0.15) is 48.9 Å². The Morgan fingerprint density at radius 3 is 2.69 bits per heavy atom. The van der Waals surface area contributed by atoms with Gasteiger partial charge in [0.25, 0.3) is 5.91 Å². The maximum absolute atomic E-state index is 12.6. The van der Waals surface area contributed by atoms with Gasteiger partial charge in [-0.25, -0.2) is 0 Å². The molecule has 150 valence electrons. The van der Waals surface area contributed by atoms with Gasteiger partial charge in [-0.15, -0.1) is 0 Å². The number of carbonyl (C=O) groups excluding carboxylic acids is 1. The summed E-state index contributed by atoms with van der Waals surface area (Å²) in [4.78, 5) is 12.6. The molecule has 3 nitrogen and oxygen atoms in total. The average molecular weight is 452 g/mol. The van der Waals surface area contributed by atoms with Crippen molar-refractivity contribution in [3.05, 3.63) is 75.8 Å². The van der Waals surface area contributed by atoms with Gasteiger partial charge in [0.15, 0.2) is 6.61 Å². The number of hydrogen-bond donors (Lipinski definition) is 1. The van der Waals surface area contributed by atoms with Crippen molar-refractivity contribution in [2.75, 3.05) is 6.61 Å². The van der Waals surface area contributed by atoms with Crippen molar-refractivity contribution in [2.24, 2.45) is 0 Å². The molecule has 0 heterocycles. The van der Waals surface area contributed by atoms with Gasteiger partial charge in [0, 0.05) is 0 Å². The van der Waals surface area contributed by atoms with Crippen molar-refractivity contribution in [1.82, 2.24) is 5.32 Å². The molecule has 0 saturated carbocycles. The molecule has 3 aromatic rings. The third-order valence-corrected chi connectivity index (χ3v) is 6.52. The number of aryl methyl sites for hydroxylation is 2. The third kappa shape index (κ3) is 4.48. The topological polar surface area (TPSA) is 38.3 Å². The molecule has 1 aliphatic carbocycles. The second-order valence-corrected chi connectivity index (χ2v) is 8.44. The van der Waals surface area contributed by atoms with Gasteiger partial charge in [-0.3, -0.25) is 4.79 Å². The van der Waals surface area contributed by atoms with Gasteiger partial charge < -0.3 is 10.1 Å². The maximum atomic E-state index is 12.6. The first-order valence-electron chi connectivity index (χ1n) is 10.4. The predicted octanol–water partition coefficient (Wildman–Crippen LogP) is 6.13. The second kappa shape index (κ2) is 9.00. The summed E-state index contributed by atoms with van der Waals surface area (Å²) in [5.74, 6) is 0.579. The number of halogens is 1. The molecule has 0 aliphatic heterocycles. The zero-order valence-corrected chi connectivity index (χ0v) is 18.3. The summed E-state index contributed by atoms with van der Waals surface area (Å²) >= 11 is 3.61. The van der Waals surface area contributed by atoms with Crippen LogP contribution >= 0.6 is 15.9 Å². The fraction of sp³-hybridized carbons (Fsp3) is 0.320. The van der Waals surface area contributed by atoms with Crippen molar-refractivity contribution < 1.29 is 9.53 Å². The predicted molar refractivity (Wildman–Crippen MR) is 121 cm³/mol. The van der Waals surface area contributed by atoms with Crippen molar-refractivity contribution in [2.45, 2.75) is 45.1 Å². The van der Waals surface area contributed by atoms with Crippen molar-refractivity contribution >= 4 is 32.6 Å². The van der Waals surface area contributed by atoms with E-state index in [1.165, 1.54) is 36.0 Å². The van der Waals surface area contributed by atoms with Crippen LogP contribution in [0, 0.1) is 0 Å². The molecule has 1 N–H and O–H groups in total. The molecular formula is C25H26BrNO2. The van der Waals surface area contributed by atoms with E-state index in [4.69, 9.17) is 4.74 Å². The van der Waals surface area contributed by atoms with Gasteiger partial charge in [-0.2, -0.15) is 0 Å². The van der Waals surface area contributed by atoms with E-state index in [0.29, 0.717) is 5.75 Å². The number of carbonyl (C=O) groups is 1. The van der Waals surface area contributed by atoms with E-state index in [0.717, 1.165) is 28.1 Å². The van der Waals surface area contributed by atoms with E-state index >= 15 is 0 Å². The number of fused-ring (bicyclic) bond motifs is 2. The molecule has 0 unspecified atom stereocenters. The Hall–Kier alpha value is -2.33. The summed E-state index contributed by atoms with van der Waals surface area (Å²) in [5, 5.41) is 5.35. The lowest BCUT2D eigenvalue weighted by molar-refractivity contribution is -0.123. The zero-order chi connectivity index (χ0) is 20.2. The summed E-state index contributed by atoms with van der Waals surface area (Å²) in [7, 11) is 0. The maximum Gasteiger partial charge on any atom is 0.258 e. The Morgan fingerprint density at radius 1 is 1.07 bits per heavy atom. The van der Waals surface area contributed by atoms with E-state index in [1.807, 2.05) is 30.3 Å². The van der Waals surface area contributed by atoms with Crippen LogP contribution in [0.5, 0.6) is 5.75 Å². The van der Waals surface area contributed by atoms with E-state index in [2.05, 4.69) is 52.4 Å². The molecule has 0 radical (unpaired) electrons. The average Bonchev–Trinajstić information content (AvgIpc) is 2.77. The lowest BCUT2D eigenvalue weighted by Crippen LogP contribution is -2.32. The molecule has 1 aliphatic rings. The smallest absolute Gasteiger partial charge is 0.258 e. The van der Waals surface area contributed by atoms with Crippen LogP contribution in [-0.4, -0.2) is 12.5 Å². The minimum absolute atomic E-state index is 0.00161. The number of ether oxygens (including phenoxy) is 1. The summed E-state index contributed by atoms with van der Waals surface area (Å²) in [6, 6.07) is 18.7. The number of rotatable bonds is 6. The highest BCUT2D eigenvalue weighted by molar-refractivity contribution is 9.10. The Bertz CT molecular complexity index is 1030. The van der Waals surface area contributed by atoms with Gasteiger partial charge in [0.1, 0.15) is 5.75 Å². The van der Waals surface area contributed by atoms with Crippen LogP contribution in [0.4, 0.5) is 0 Å². The van der Waals surface area contributed by atoms with Gasteiger partial charge in [0.2, 0.25) is 0 Å². The molecular weight excluding hydrogens is 426 g/mol. The van der Waals surface area contributed by atoms with Crippen molar-refractivity contribution in [1.29, 1.82) is 0 Å². The van der Waals surface area contributed by atoms with Gasteiger partial charge >= 0.3 is 0 Å². The zero-order valence-electron chi connectivity index (χ0n) is 16.7. The van der Waals surface area contributed by atoms with Crippen LogP contribution in [0.15, 0.2) is 59.1 Å². The summed E-state index contributed by atoms with van der Waals surface area (Å²) < 4.78 is 6.70. The van der Waals surface area contributed by atoms with E-state index in [-0.39, 0.29) is 18.6 Å². The monoisotopic (exact) mass is 451 g/mol. The highest BCUT2D eigenvalue weighted by atomic mass is 79.9. The van der Waals surface area contributed by atoms with Gasteiger partial charge in [-0.1, -0.05) is 55.5 Å². The molecule has 0 aromatic heterocycles. The van der Waals surface area contributed by atoms with E-state index in [1.54, 1.807) is 0 Å². The normalized spacial score (nSPS) is 14.3. The Morgan fingerprint density at radius 2 is 1.86 bits per heavy atom. The second-order valence-electron chi connectivity index (χ2n) is 7.65. The Labute approximate surface area is 180 Å². The summed E-state index contributed by atoms with van der Waals surface area (Å²) in [5.41, 5.74) is 4.09. The lowest BCUT2D eigenvalue weighted by atomic mass is 9.89. The molecule has 0 spiro atoms. The summed E-state index contributed by atoms with van der Waals surface area (Å²) in [6.07, 6.45) is 5.71. The standard InChI is InChI=1S/C25H26BrNO2/c1-2-22(20-12-11-17-7-3-4-9-19(17)15-20)27-24(28)16-29-23-14-13-18-8-5-6-10-21(18)25(23)26/h5-6,8,10-15,22H,2-4,7,9,16H2,1H3,(H,27,28)/t22-/m0/s1. The van der Waals surface area contributed by atoms with E-state index < -0.39 is 0 Å². The molecule has 4 rings (SSSR count). The Kier molecular flexibility index (Phi) is 6.19. The van der Waals surface area contributed by atoms with Gasteiger partial charge in [-0.05, 0) is 81.6 Å². The SMILES string of the molecule is CC[C@H](NC(=O)COc1ccc2ccccc2c1Br)c1ccc2c(c1)CCCC2. The fourth-order valence-electron chi connectivity index (χ4n) is 4.10. The molecule has 1 atom stereocenters. The van der Waals surface area contributed by atoms with Gasteiger partial charge in [0.05, 0.1) is 10.5 Å². The lowest BCUT2D eigenvalue weighted by Gasteiger charge is -2.22. The van der Waals surface area contributed by atoms with E-state index in [9.17, 15) is 4.79 Å². The number of hydrogen-bond acceptors (Lipinski definition) is 2. The number of nitrogens with one attached hydrogen (secondary N) is 1. The van der Waals surface area contributed by atoms with Crippen LogP contribution in [0.25, 0.3) is 10.8 Å². The first-order chi connectivity index (χ1) is 14.2. The Balaban J connectivity index is 1.41. The minimum Gasteiger partial charge on any atom is -0.483 e. The largest absolute Gasteiger partial charge is 0.483 e.